The highest BCUT2D eigenvalue weighted by molar-refractivity contribution is 5.95. The molecule has 8 nitrogen and oxygen atoms in total. The maximum absolute atomic E-state index is 13.3. The van der Waals surface area contributed by atoms with Crippen molar-refractivity contribution in [1.82, 2.24) is 25.0 Å². The Morgan fingerprint density at radius 1 is 1.26 bits per heavy atom. The summed E-state index contributed by atoms with van der Waals surface area (Å²) in [5, 5.41) is 15.7. The maximum Gasteiger partial charge on any atom is 0.272 e. The van der Waals surface area contributed by atoms with Crippen LogP contribution in [0.25, 0.3) is 17.2 Å². The number of nitrogens with zero attached hydrogens (tertiary/aromatic N) is 5. The molecule has 34 heavy (non-hydrogen) atoms. The molecule has 5 rings (SSSR count). The van der Waals surface area contributed by atoms with Gasteiger partial charge in [0.1, 0.15) is 24.0 Å². The van der Waals surface area contributed by atoms with Crippen LogP contribution >= 0.6 is 0 Å². The van der Waals surface area contributed by atoms with E-state index in [-0.39, 0.29) is 30.0 Å². The van der Waals surface area contributed by atoms with Crippen molar-refractivity contribution >= 4 is 11.7 Å². The summed E-state index contributed by atoms with van der Waals surface area (Å²) >= 11 is 0. The van der Waals surface area contributed by atoms with Gasteiger partial charge in [-0.3, -0.25) is 4.79 Å². The van der Waals surface area contributed by atoms with Crippen molar-refractivity contribution in [3.8, 4) is 23.0 Å². The van der Waals surface area contributed by atoms with E-state index in [1.165, 1.54) is 23.0 Å². The van der Waals surface area contributed by atoms with Gasteiger partial charge < -0.3 is 10.1 Å². The second-order valence-corrected chi connectivity index (χ2v) is 7.89. The summed E-state index contributed by atoms with van der Waals surface area (Å²) in [5.74, 6) is 0.728. The van der Waals surface area contributed by atoms with Crippen LogP contribution in [0.15, 0.2) is 67.4 Å². The van der Waals surface area contributed by atoms with Gasteiger partial charge in [-0.05, 0) is 48.9 Å². The van der Waals surface area contributed by atoms with Crippen LogP contribution in [0.5, 0.6) is 5.75 Å². The average Bonchev–Trinajstić information content (AvgIpc) is 3.19. The molecule has 0 radical (unpaired) electrons. The van der Waals surface area contributed by atoms with E-state index in [9.17, 15) is 9.18 Å². The minimum atomic E-state index is -0.338. The predicted octanol–water partition coefficient (Wildman–Crippen LogP) is 4.21. The minimum Gasteiger partial charge on any atom is -0.490 e. The van der Waals surface area contributed by atoms with E-state index < -0.39 is 0 Å². The summed E-state index contributed by atoms with van der Waals surface area (Å²) < 4.78 is 20.5. The zero-order valence-corrected chi connectivity index (χ0v) is 18.4. The SMILES string of the molecule is C=CCOc1cccc([C@@H]2CC(=O)Nc3c2c(C)nn3-c2nncc(-c3ccc(F)cc3)n2)c1. The van der Waals surface area contributed by atoms with Gasteiger partial charge in [-0.25, -0.2) is 9.37 Å². The number of anilines is 1. The van der Waals surface area contributed by atoms with E-state index in [0.29, 0.717) is 29.4 Å². The van der Waals surface area contributed by atoms with Crippen molar-refractivity contribution in [2.75, 3.05) is 11.9 Å². The number of carbonyl (C=O) groups excluding carboxylic acids is 1. The molecule has 4 aromatic rings. The van der Waals surface area contributed by atoms with Crippen molar-refractivity contribution < 1.29 is 13.9 Å². The van der Waals surface area contributed by atoms with Crippen LogP contribution in [0.2, 0.25) is 0 Å². The molecular weight excluding hydrogens is 435 g/mol. The van der Waals surface area contributed by atoms with Crippen molar-refractivity contribution in [1.29, 1.82) is 0 Å². The number of hydrogen-bond acceptors (Lipinski definition) is 6. The molecule has 0 fully saturated rings. The molecule has 9 heteroatoms. The third-order valence-electron chi connectivity index (χ3n) is 5.61. The number of aromatic nitrogens is 5. The first-order chi connectivity index (χ1) is 16.5. The van der Waals surface area contributed by atoms with E-state index in [1.807, 2.05) is 31.2 Å². The molecule has 1 aliphatic heterocycles. The number of hydrogen-bond donors (Lipinski definition) is 1. The van der Waals surface area contributed by atoms with E-state index in [0.717, 1.165) is 16.8 Å². The molecule has 0 unspecified atom stereocenters. The van der Waals surface area contributed by atoms with Crippen LogP contribution in [0, 0.1) is 12.7 Å². The summed E-state index contributed by atoms with van der Waals surface area (Å²) in [6.45, 7) is 5.96. The van der Waals surface area contributed by atoms with Gasteiger partial charge in [0.05, 0.1) is 17.6 Å². The number of aryl methyl sites for hydroxylation is 1. The Morgan fingerprint density at radius 3 is 2.88 bits per heavy atom. The third-order valence-corrected chi connectivity index (χ3v) is 5.61. The monoisotopic (exact) mass is 456 g/mol. The van der Waals surface area contributed by atoms with Crippen LogP contribution in [-0.4, -0.2) is 37.5 Å². The minimum absolute atomic E-state index is 0.140. The lowest BCUT2D eigenvalue weighted by molar-refractivity contribution is -0.116. The van der Waals surface area contributed by atoms with E-state index in [2.05, 4.69) is 32.2 Å². The van der Waals surface area contributed by atoms with Gasteiger partial charge in [0.25, 0.3) is 5.95 Å². The topological polar surface area (TPSA) is 94.8 Å². The van der Waals surface area contributed by atoms with Gasteiger partial charge in [0, 0.05) is 23.5 Å². The Labute approximate surface area is 195 Å². The number of halogens is 1. The number of nitrogens with one attached hydrogen (secondary N) is 1. The number of benzene rings is 2. The van der Waals surface area contributed by atoms with E-state index >= 15 is 0 Å². The van der Waals surface area contributed by atoms with Gasteiger partial charge in [-0.1, -0.05) is 24.8 Å². The second-order valence-electron chi connectivity index (χ2n) is 7.89. The van der Waals surface area contributed by atoms with Crippen LogP contribution < -0.4 is 10.1 Å². The molecule has 0 saturated carbocycles. The molecule has 3 heterocycles. The van der Waals surface area contributed by atoms with Crippen molar-refractivity contribution in [2.24, 2.45) is 0 Å². The molecule has 1 atom stereocenters. The highest BCUT2D eigenvalue weighted by Crippen LogP contribution is 2.40. The smallest absolute Gasteiger partial charge is 0.272 e. The molecule has 0 aliphatic carbocycles. The van der Waals surface area contributed by atoms with E-state index in [4.69, 9.17) is 4.74 Å². The normalized spacial score (nSPS) is 14.9. The number of rotatable bonds is 6. The first-order valence-corrected chi connectivity index (χ1v) is 10.7. The Morgan fingerprint density at radius 2 is 2.09 bits per heavy atom. The fourth-order valence-corrected chi connectivity index (χ4v) is 4.10. The molecule has 1 aliphatic rings. The van der Waals surface area contributed by atoms with Gasteiger partial charge in [0.15, 0.2) is 0 Å². The molecule has 2 aromatic carbocycles. The predicted molar refractivity (Wildman–Crippen MR) is 124 cm³/mol. The van der Waals surface area contributed by atoms with E-state index in [1.54, 1.807) is 18.2 Å². The van der Waals surface area contributed by atoms with Crippen LogP contribution in [0.1, 0.15) is 29.2 Å². The zero-order chi connectivity index (χ0) is 23.7. The number of ether oxygens (including phenoxy) is 1. The zero-order valence-electron chi connectivity index (χ0n) is 18.4. The summed E-state index contributed by atoms with van der Waals surface area (Å²) in [6.07, 6.45) is 3.45. The molecule has 170 valence electrons. The van der Waals surface area contributed by atoms with Crippen LogP contribution in [-0.2, 0) is 4.79 Å². The number of fused-ring (bicyclic) bond motifs is 1. The fraction of sp³-hybridized carbons (Fsp3) is 0.160. The largest absolute Gasteiger partial charge is 0.490 e. The second kappa shape index (κ2) is 8.86. The van der Waals surface area contributed by atoms with Gasteiger partial charge in [-0.2, -0.15) is 14.9 Å². The summed E-state index contributed by atoms with van der Waals surface area (Å²) in [4.78, 5) is 17.2. The van der Waals surface area contributed by atoms with Gasteiger partial charge >= 0.3 is 0 Å². The third kappa shape index (κ3) is 4.03. The molecular formula is C25H21FN6O2. The lowest BCUT2D eigenvalue weighted by Crippen LogP contribution is -2.25. The Kier molecular flexibility index (Phi) is 5.59. The van der Waals surface area contributed by atoms with Crippen LogP contribution in [0.3, 0.4) is 0 Å². The summed E-state index contributed by atoms with van der Waals surface area (Å²) in [5.41, 5.74) is 3.77. The lowest BCUT2D eigenvalue weighted by Gasteiger charge is -2.24. The number of carbonyl (C=O) groups is 1. The molecule has 0 spiro atoms. The first-order valence-electron chi connectivity index (χ1n) is 10.7. The average molecular weight is 456 g/mol. The highest BCUT2D eigenvalue weighted by Gasteiger charge is 2.33. The summed E-state index contributed by atoms with van der Waals surface area (Å²) in [6, 6.07) is 13.6. The molecule has 1 N–H and O–H groups in total. The quantitative estimate of drug-likeness (QED) is 0.437. The standard InChI is InChI=1S/C25H21FN6O2/c1-3-11-34-19-6-4-5-17(12-19)20-13-22(33)29-24-23(20)15(2)31-32(24)25-28-21(14-27-30-25)16-7-9-18(26)10-8-16/h3-10,12,14,20H,1,11,13H2,2H3,(H,29,33)/t20-/m0/s1. The molecule has 0 saturated heterocycles. The van der Waals surface area contributed by atoms with Crippen LogP contribution in [0.4, 0.5) is 10.2 Å². The van der Waals surface area contributed by atoms with Crippen molar-refractivity contribution in [2.45, 2.75) is 19.3 Å². The first kappa shape index (κ1) is 21.4. The highest BCUT2D eigenvalue weighted by atomic mass is 19.1. The lowest BCUT2D eigenvalue weighted by atomic mass is 9.86. The fourth-order valence-electron chi connectivity index (χ4n) is 4.10. The number of amides is 1. The van der Waals surface area contributed by atoms with Crippen molar-refractivity contribution in [3.63, 3.8) is 0 Å². The van der Waals surface area contributed by atoms with Gasteiger partial charge in [-0.15, -0.1) is 5.10 Å². The molecule has 2 aromatic heterocycles. The molecule has 0 bridgehead atoms. The Balaban J connectivity index is 1.56. The summed E-state index contributed by atoms with van der Waals surface area (Å²) in [7, 11) is 0. The Hall–Kier alpha value is -4.40. The van der Waals surface area contributed by atoms with Gasteiger partial charge in [0.2, 0.25) is 5.91 Å². The molecule has 1 amide bonds. The maximum atomic E-state index is 13.3. The van der Waals surface area contributed by atoms with Crippen molar-refractivity contribution in [3.05, 3.63) is 90.0 Å². The Bertz CT molecular complexity index is 1380.